The van der Waals surface area contributed by atoms with Crippen LogP contribution in [0.4, 0.5) is 10.5 Å². The van der Waals surface area contributed by atoms with Gasteiger partial charge < -0.3 is 10.2 Å². The molecule has 0 bridgehead atoms. The first-order chi connectivity index (χ1) is 9.60. The Morgan fingerprint density at radius 3 is 2.60 bits per heavy atom. The van der Waals surface area contributed by atoms with Crippen molar-refractivity contribution in [1.29, 1.82) is 0 Å². The van der Waals surface area contributed by atoms with Gasteiger partial charge in [0.2, 0.25) is 0 Å². The van der Waals surface area contributed by atoms with Crippen molar-refractivity contribution in [2.24, 2.45) is 0 Å². The molecule has 0 radical (unpaired) electrons. The minimum Gasteiger partial charge on any atom is -0.319 e. The smallest absolute Gasteiger partial charge is 0.319 e. The maximum absolute atomic E-state index is 12.2. The van der Waals surface area contributed by atoms with Crippen LogP contribution in [0.5, 0.6) is 0 Å². The molecule has 0 spiro atoms. The highest BCUT2D eigenvalue weighted by Gasteiger charge is 2.16. The molecule has 0 saturated carbocycles. The monoisotopic (exact) mass is 294 g/mol. The first-order valence-corrected chi connectivity index (χ1v) is 6.57. The highest BCUT2D eigenvalue weighted by molar-refractivity contribution is 6.30. The van der Waals surface area contributed by atoms with E-state index in [4.69, 9.17) is 11.6 Å². The number of rotatable bonds is 4. The van der Waals surface area contributed by atoms with E-state index < -0.39 is 0 Å². The van der Waals surface area contributed by atoms with Gasteiger partial charge in [-0.25, -0.2) is 9.42 Å². The number of anilines is 1. The number of nitrogens with one attached hydrogen (secondary N) is 1. The molecule has 20 heavy (non-hydrogen) atoms. The van der Waals surface area contributed by atoms with Crippen molar-refractivity contribution < 1.29 is 9.42 Å². The molecule has 7 heteroatoms. The standard InChI is InChI=1S/C13H15ClN4O2/c1-3-18(8-12-9(2)16-20-17-12)13(19)15-11-6-4-10(14)5-7-11/h4-7H,3,8H2,1-2H3,(H,15,19). The van der Waals surface area contributed by atoms with Crippen LogP contribution in [0.2, 0.25) is 5.02 Å². The van der Waals surface area contributed by atoms with Crippen LogP contribution in [0.3, 0.4) is 0 Å². The van der Waals surface area contributed by atoms with Crippen molar-refractivity contribution >= 4 is 23.3 Å². The van der Waals surface area contributed by atoms with Gasteiger partial charge in [0, 0.05) is 17.3 Å². The highest BCUT2D eigenvalue weighted by Crippen LogP contribution is 2.14. The van der Waals surface area contributed by atoms with Gasteiger partial charge in [-0.15, -0.1) is 0 Å². The number of benzene rings is 1. The first kappa shape index (κ1) is 14.3. The number of hydrogen-bond acceptors (Lipinski definition) is 4. The van der Waals surface area contributed by atoms with Crippen LogP contribution in [0.1, 0.15) is 18.3 Å². The summed E-state index contributed by atoms with van der Waals surface area (Å²) in [7, 11) is 0. The summed E-state index contributed by atoms with van der Waals surface area (Å²) < 4.78 is 4.63. The number of halogens is 1. The second kappa shape index (κ2) is 6.38. The van der Waals surface area contributed by atoms with Crippen LogP contribution >= 0.6 is 11.6 Å². The molecule has 0 atom stereocenters. The zero-order valence-corrected chi connectivity index (χ0v) is 12.0. The lowest BCUT2D eigenvalue weighted by molar-refractivity contribution is 0.210. The summed E-state index contributed by atoms with van der Waals surface area (Å²) in [5.41, 5.74) is 2.02. The fraction of sp³-hybridized carbons (Fsp3) is 0.308. The van der Waals surface area contributed by atoms with Gasteiger partial charge >= 0.3 is 6.03 Å². The third-order valence-corrected chi connectivity index (χ3v) is 3.10. The quantitative estimate of drug-likeness (QED) is 0.940. The Labute approximate surface area is 121 Å². The number of urea groups is 1. The Bertz CT molecular complexity index is 582. The second-order valence-corrected chi connectivity index (χ2v) is 4.68. The number of carbonyl (C=O) groups excluding carboxylic acids is 1. The fourth-order valence-electron chi connectivity index (χ4n) is 1.64. The van der Waals surface area contributed by atoms with Crippen LogP contribution in [0, 0.1) is 6.92 Å². The molecule has 6 nitrogen and oxygen atoms in total. The molecule has 0 aliphatic rings. The van der Waals surface area contributed by atoms with Crippen molar-refractivity contribution in [2.75, 3.05) is 11.9 Å². The van der Waals surface area contributed by atoms with Crippen molar-refractivity contribution in [1.82, 2.24) is 15.2 Å². The van der Waals surface area contributed by atoms with E-state index in [2.05, 4.69) is 20.3 Å². The van der Waals surface area contributed by atoms with Gasteiger partial charge in [-0.1, -0.05) is 21.9 Å². The topological polar surface area (TPSA) is 71.3 Å². The van der Waals surface area contributed by atoms with Gasteiger partial charge in [-0.05, 0) is 38.1 Å². The molecule has 2 amide bonds. The third-order valence-electron chi connectivity index (χ3n) is 2.85. The van der Waals surface area contributed by atoms with Gasteiger partial charge in [-0.2, -0.15) is 0 Å². The molecule has 1 aromatic carbocycles. The van der Waals surface area contributed by atoms with E-state index in [1.807, 2.05) is 6.92 Å². The Kier molecular flexibility index (Phi) is 4.57. The van der Waals surface area contributed by atoms with E-state index in [1.54, 1.807) is 36.1 Å². The van der Waals surface area contributed by atoms with E-state index in [-0.39, 0.29) is 6.03 Å². The number of hydrogen-bond donors (Lipinski definition) is 1. The number of nitrogens with zero attached hydrogens (tertiary/aromatic N) is 3. The predicted molar refractivity (Wildman–Crippen MR) is 75.6 cm³/mol. The summed E-state index contributed by atoms with van der Waals surface area (Å²) in [5, 5.41) is 10.9. The van der Waals surface area contributed by atoms with Crippen molar-refractivity contribution in [3.8, 4) is 0 Å². The maximum Gasteiger partial charge on any atom is 0.322 e. The molecule has 0 unspecified atom stereocenters. The number of aromatic nitrogens is 2. The summed E-state index contributed by atoms with van der Waals surface area (Å²) in [4.78, 5) is 13.8. The van der Waals surface area contributed by atoms with E-state index in [0.29, 0.717) is 35.2 Å². The molecule has 0 saturated heterocycles. The van der Waals surface area contributed by atoms with Gasteiger partial charge in [-0.3, -0.25) is 0 Å². The summed E-state index contributed by atoms with van der Waals surface area (Å²) in [6.07, 6.45) is 0. The second-order valence-electron chi connectivity index (χ2n) is 4.25. The molecule has 0 aliphatic heterocycles. The van der Waals surface area contributed by atoms with Gasteiger partial charge in [0.1, 0.15) is 11.4 Å². The van der Waals surface area contributed by atoms with Gasteiger partial charge in [0.25, 0.3) is 0 Å². The molecule has 0 fully saturated rings. The maximum atomic E-state index is 12.2. The summed E-state index contributed by atoms with van der Waals surface area (Å²) in [6.45, 7) is 4.58. The first-order valence-electron chi connectivity index (χ1n) is 6.19. The zero-order chi connectivity index (χ0) is 14.5. The van der Waals surface area contributed by atoms with Crippen LogP contribution in [0.25, 0.3) is 0 Å². The average molecular weight is 295 g/mol. The van der Waals surface area contributed by atoms with E-state index in [1.165, 1.54) is 0 Å². The molecule has 2 rings (SSSR count). The minimum atomic E-state index is -0.211. The summed E-state index contributed by atoms with van der Waals surface area (Å²) in [6, 6.07) is 6.73. The number of carbonyl (C=O) groups is 1. The van der Waals surface area contributed by atoms with Crippen LogP contribution < -0.4 is 5.32 Å². The number of aryl methyl sites for hydroxylation is 1. The molecule has 1 N–H and O–H groups in total. The van der Waals surface area contributed by atoms with Gasteiger partial charge in [0.05, 0.1) is 6.54 Å². The highest BCUT2D eigenvalue weighted by atomic mass is 35.5. The largest absolute Gasteiger partial charge is 0.322 e. The summed E-state index contributed by atoms with van der Waals surface area (Å²) in [5.74, 6) is 0. The molecular formula is C13H15ClN4O2. The minimum absolute atomic E-state index is 0.211. The lowest BCUT2D eigenvalue weighted by Crippen LogP contribution is -2.34. The molecule has 0 aliphatic carbocycles. The predicted octanol–water partition coefficient (Wildman–Crippen LogP) is 3.09. The van der Waals surface area contributed by atoms with Crippen molar-refractivity contribution in [3.63, 3.8) is 0 Å². The fourth-order valence-corrected chi connectivity index (χ4v) is 1.76. The van der Waals surface area contributed by atoms with E-state index in [0.717, 1.165) is 0 Å². The van der Waals surface area contributed by atoms with Gasteiger partial charge in [0.15, 0.2) is 0 Å². The van der Waals surface area contributed by atoms with Crippen molar-refractivity contribution in [2.45, 2.75) is 20.4 Å². The Morgan fingerprint density at radius 2 is 2.05 bits per heavy atom. The lowest BCUT2D eigenvalue weighted by Gasteiger charge is -2.20. The molecule has 1 heterocycles. The Balaban J connectivity index is 2.02. The number of amides is 2. The van der Waals surface area contributed by atoms with E-state index >= 15 is 0 Å². The van der Waals surface area contributed by atoms with Crippen LogP contribution in [-0.4, -0.2) is 27.8 Å². The normalized spacial score (nSPS) is 10.3. The summed E-state index contributed by atoms with van der Waals surface area (Å²) >= 11 is 5.80. The van der Waals surface area contributed by atoms with Crippen LogP contribution in [0.15, 0.2) is 28.9 Å². The SMILES string of the molecule is CCN(Cc1nonc1C)C(=O)Nc1ccc(Cl)cc1. The molecule has 1 aromatic heterocycles. The van der Waals surface area contributed by atoms with E-state index in [9.17, 15) is 4.79 Å². The molecule has 2 aromatic rings. The molecule has 106 valence electrons. The van der Waals surface area contributed by atoms with Crippen molar-refractivity contribution in [3.05, 3.63) is 40.7 Å². The third kappa shape index (κ3) is 3.48. The average Bonchev–Trinajstić information content (AvgIpc) is 2.84. The molecular weight excluding hydrogens is 280 g/mol. The Hall–Kier alpha value is -2.08. The van der Waals surface area contributed by atoms with Crippen LogP contribution in [-0.2, 0) is 6.54 Å². The lowest BCUT2D eigenvalue weighted by atomic mass is 10.3. The Morgan fingerprint density at radius 1 is 1.35 bits per heavy atom. The zero-order valence-electron chi connectivity index (χ0n) is 11.3.